The second-order valence-electron chi connectivity index (χ2n) is 3.54. The molecule has 1 rings (SSSR count). The van der Waals surface area contributed by atoms with Crippen LogP contribution >= 0.6 is 11.6 Å². The number of halogens is 1. The predicted octanol–water partition coefficient (Wildman–Crippen LogP) is 1.70. The summed E-state index contributed by atoms with van der Waals surface area (Å²) in [7, 11) is 0. The summed E-state index contributed by atoms with van der Waals surface area (Å²) >= 11 is 5.64. The summed E-state index contributed by atoms with van der Waals surface area (Å²) in [6.45, 7) is 8.00. The van der Waals surface area contributed by atoms with Crippen molar-refractivity contribution in [2.24, 2.45) is 10.9 Å². The number of rotatable bonds is 5. The first-order valence-electron chi connectivity index (χ1n) is 5.07. The van der Waals surface area contributed by atoms with Gasteiger partial charge in [-0.05, 0) is 25.7 Å². The molecule has 0 unspecified atom stereocenters. The molecule has 0 aromatic heterocycles. The maximum atomic E-state index is 5.64. The number of nitrogens with zero attached hydrogens (tertiary/aromatic N) is 1. The van der Waals surface area contributed by atoms with Crippen molar-refractivity contribution in [3.63, 3.8) is 0 Å². The summed E-state index contributed by atoms with van der Waals surface area (Å²) in [4.78, 5) is 4.28. The zero-order valence-electron chi connectivity index (χ0n) is 8.65. The molecule has 1 aliphatic rings. The highest BCUT2D eigenvalue weighted by molar-refractivity contribution is 6.29. The third-order valence-electron chi connectivity index (χ3n) is 2.01. The highest BCUT2D eigenvalue weighted by atomic mass is 35.5. The van der Waals surface area contributed by atoms with E-state index < -0.39 is 0 Å². The molecule has 0 aliphatic heterocycles. The number of aliphatic imine (C=N–C) groups is 1. The molecule has 1 saturated carbocycles. The fourth-order valence-electron chi connectivity index (χ4n) is 1.07. The van der Waals surface area contributed by atoms with Crippen LogP contribution in [0.1, 0.15) is 19.8 Å². The maximum absolute atomic E-state index is 5.64. The standard InChI is InChI=1S/C10H18ClN3/c1-3-12-10(13-6-8(2)11)14-7-9-4-5-9/h9H,2-7H2,1H3,(H2,12,13,14). The molecule has 0 heterocycles. The van der Waals surface area contributed by atoms with Crippen molar-refractivity contribution in [2.45, 2.75) is 19.8 Å². The number of hydrogen-bond acceptors (Lipinski definition) is 1. The molecule has 4 heteroatoms. The molecular formula is C10H18ClN3. The molecule has 0 bridgehead atoms. The van der Waals surface area contributed by atoms with Crippen molar-refractivity contribution in [3.05, 3.63) is 11.6 Å². The minimum Gasteiger partial charge on any atom is -0.357 e. The second-order valence-corrected chi connectivity index (χ2v) is 4.07. The Balaban J connectivity index is 2.27. The first-order valence-corrected chi connectivity index (χ1v) is 5.45. The average Bonchev–Trinajstić information content (AvgIpc) is 2.93. The van der Waals surface area contributed by atoms with Gasteiger partial charge < -0.3 is 10.6 Å². The second kappa shape index (κ2) is 5.91. The van der Waals surface area contributed by atoms with Crippen LogP contribution in [-0.4, -0.2) is 25.6 Å². The van der Waals surface area contributed by atoms with Crippen molar-refractivity contribution >= 4 is 17.6 Å². The molecule has 0 aromatic rings. The molecule has 0 spiro atoms. The third-order valence-corrected chi connectivity index (χ3v) is 2.13. The normalized spacial score (nSPS) is 16.6. The average molecular weight is 216 g/mol. The van der Waals surface area contributed by atoms with E-state index in [2.05, 4.69) is 22.2 Å². The van der Waals surface area contributed by atoms with Crippen LogP contribution < -0.4 is 10.6 Å². The lowest BCUT2D eigenvalue weighted by molar-refractivity contribution is 0.742. The van der Waals surface area contributed by atoms with Gasteiger partial charge >= 0.3 is 0 Å². The third kappa shape index (κ3) is 5.12. The van der Waals surface area contributed by atoms with Crippen LogP contribution in [0.4, 0.5) is 0 Å². The lowest BCUT2D eigenvalue weighted by atomic mass is 10.4. The molecule has 3 nitrogen and oxygen atoms in total. The van der Waals surface area contributed by atoms with Crippen molar-refractivity contribution in [1.29, 1.82) is 0 Å². The molecule has 2 N–H and O–H groups in total. The lowest BCUT2D eigenvalue weighted by Crippen LogP contribution is -2.38. The van der Waals surface area contributed by atoms with Gasteiger partial charge in [-0.25, -0.2) is 4.99 Å². The van der Waals surface area contributed by atoms with E-state index in [1.165, 1.54) is 12.8 Å². The van der Waals surface area contributed by atoms with Crippen LogP contribution in [0.5, 0.6) is 0 Å². The van der Waals surface area contributed by atoms with Gasteiger partial charge in [0.2, 0.25) is 0 Å². The van der Waals surface area contributed by atoms with Crippen molar-refractivity contribution in [1.82, 2.24) is 10.6 Å². The smallest absolute Gasteiger partial charge is 0.191 e. The Morgan fingerprint density at radius 2 is 2.21 bits per heavy atom. The Morgan fingerprint density at radius 1 is 1.50 bits per heavy atom. The molecule has 1 aliphatic carbocycles. The van der Waals surface area contributed by atoms with E-state index in [1.54, 1.807) is 0 Å². The van der Waals surface area contributed by atoms with E-state index >= 15 is 0 Å². The lowest BCUT2D eigenvalue weighted by Gasteiger charge is -2.10. The monoisotopic (exact) mass is 215 g/mol. The van der Waals surface area contributed by atoms with Gasteiger partial charge in [0, 0.05) is 18.1 Å². The van der Waals surface area contributed by atoms with Crippen LogP contribution in [0.2, 0.25) is 0 Å². The Hall–Kier alpha value is -0.700. The zero-order valence-corrected chi connectivity index (χ0v) is 9.40. The molecule has 0 radical (unpaired) electrons. The van der Waals surface area contributed by atoms with Gasteiger partial charge in [0.15, 0.2) is 5.96 Å². The van der Waals surface area contributed by atoms with Gasteiger partial charge in [0.25, 0.3) is 0 Å². The van der Waals surface area contributed by atoms with Crippen LogP contribution in [-0.2, 0) is 0 Å². The summed E-state index contributed by atoms with van der Waals surface area (Å²) in [6.07, 6.45) is 2.68. The van der Waals surface area contributed by atoms with E-state index in [0.717, 1.165) is 25.0 Å². The van der Waals surface area contributed by atoms with E-state index in [1.807, 2.05) is 6.92 Å². The molecule has 80 valence electrons. The first kappa shape index (κ1) is 11.4. The minimum atomic E-state index is 0.474. The van der Waals surface area contributed by atoms with Gasteiger partial charge in [0.1, 0.15) is 0 Å². The Morgan fingerprint density at radius 3 is 2.71 bits per heavy atom. The largest absolute Gasteiger partial charge is 0.357 e. The van der Waals surface area contributed by atoms with Crippen molar-refractivity contribution in [2.75, 3.05) is 19.6 Å². The summed E-state index contributed by atoms with van der Waals surface area (Å²) in [5.74, 6) is 1.68. The Bertz CT molecular complexity index is 221. The van der Waals surface area contributed by atoms with Gasteiger partial charge in [0.05, 0.1) is 6.54 Å². The first-order chi connectivity index (χ1) is 6.72. The molecule has 0 atom stereocenters. The molecule has 14 heavy (non-hydrogen) atoms. The summed E-state index contributed by atoms with van der Waals surface area (Å²) in [5, 5.41) is 7.00. The summed E-state index contributed by atoms with van der Waals surface area (Å²) in [5.41, 5.74) is 0. The van der Waals surface area contributed by atoms with Crippen molar-refractivity contribution < 1.29 is 0 Å². The van der Waals surface area contributed by atoms with Crippen LogP contribution in [0, 0.1) is 5.92 Å². The number of guanidine groups is 1. The van der Waals surface area contributed by atoms with Crippen LogP contribution in [0.15, 0.2) is 16.6 Å². The Kier molecular flexibility index (Phi) is 4.80. The van der Waals surface area contributed by atoms with E-state index in [-0.39, 0.29) is 0 Å². The van der Waals surface area contributed by atoms with Gasteiger partial charge in [-0.3, -0.25) is 0 Å². The van der Waals surface area contributed by atoms with E-state index in [4.69, 9.17) is 11.6 Å². The molecular weight excluding hydrogens is 198 g/mol. The SMILES string of the molecule is C=C(Cl)CN=C(NCC)NCC1CC1. The van der Waals surface area contributed by atoms with Crippen LogP contribution in [0.25, 0.3) is 0 Å². The van der Waals surface area contributed by atoms with Crippen molar-refractivity contribution in [3.8, 4) is 0 Å². The molecule has 0 amide bonds. The summed E-state index contributed by atoms with van der Waals surface area (Å²) in [6, 6.07) is 0. The van der Waals surface area contributed by atoms with Gasteiger partial charge in [-0.2, -0.15) is 0 Å². The Labute approximate surface area is 90.6 Å². The maximum Gasteiger partial charge on any atom is 0.191 e. The molecule has 0 aromatic carbocycles. The zero-order chi connectivity index (χ0) is 10.4. The predicted molar refractivity (Wildman–Crippen MR) is 61.7 cm³/mol. The minimum absolute atomic E-state index is 0.474. The molecule has 1 fully saturated rings. The fraction of sp³-hybridized carbons (Fsp3) is 0.700. The highest BCUT2D eigenvalue weighted by Gasteiger charge is 2.20. The molecule has 0 saturated heterocycles. The quantitative estimate of drug-likeness (QED) is 0.541. The number of nitrogens with one attached hydrogen (secondary N) is 2. The van der Waals surface area contributed by atoms with Gasteiger partial charge in [-0.15, -0.1) is 0 Å². The topological polar surface area (TPSA) is 36.4 Å². The van der Waals surface area contributed by atoms with E-state index in [0.29, 0.717) is 11.6 Å². The number of hydrogen-bond donors (Lipinski definition) is 2. The summed E-state index contributed by atoms with van der Waals surface area (Å²) < 4.78 is 0. The van der Waals surface area contributed by atoms with Crippen LogP contribution in [0.3, 0.4) is 0 Å². The van der Waals surface area contributed by atoms with Gasteiger partial charge in [-0.1, -0.05) is 18.2 Å². The highest BCUT2D eigenvalue weighted by Crippen LogP contribution is 2.27. The van der Waals surface area contributed by atoms with E-state index in [9.17, 15) is 0 Å². The fourth-order valence-corrected chi connectivity index (χ4v) is 1.13.